The summed E-state index contributed by atoms with van der Waals surface area (Å²) in [5.41, 5.74) is -0.301. The lowest BCUT2D eigenvalue weighted by Crippen LogP contribution is -2.11. The second kappa shape index (κ2) is 6.41. The van der Waals surface area contributed by atoms with Crippen LogP contribution < -0.4 is 14.9 Å². The van der Waals surface area contributed by atoms with E-state index in [0.29, 0.717) is 11.8 Å². The summed E-state index contributed by atoms with van der Waals surface area (Å²) < 4.78 is 63.2. The molecular weight excluding hydrogens is 368 g/mol. The van der Waals surface area contributed by atoms with Gasteiger partial charge in [-0.25, -0.2) is 17.2 Å². The number of fused-ring (bicyclic) bond motifs is 1. The Hall–Kier alpha value is -2.94. The molecule has 136 valence electrons. The van der Waals surface area contributed by atoms with Crippen molar-refractivity contribution in [1.29, 1.82) is 0 Å². The van der Waals surface area contributed by atoms with Gasteiger partial charge in [-0.2, -0.15) is 0 Å². The highest BCUT2D eigenvalue weighted by atomic mass is 32.2. The largest absolute Gasteiger partial charge is 0.461 e. The Kier molecular flexibility index (Phi) is 4.41. The molecule has 0 saturated heterocycles. The molecule has 3 aromatic rings. The normalized spacial score (nSPS) is 11.5. The van der Waals surface area contributed by atoms with Crippen LogP contribution in [0.4, 0.5) is 14.5 Å². The zero-order chi connectivity index (χ0) is 19.1. The number of aryl methyl sites for hydroxylation is 1. The minimum Gasteiger partial charge on any atom is -0.461 e. The van der Waals surface area contributed by atoms with Crippen molar-refractivity contribution in [2.24, 2.45) is 0 Å². The van der Waals surface area contributed by atoms with Crippen LogP contribution in [0.15, 0.2) is 45.6 Å². The van der Waals surface area contributed by atoms with Gasteiger partial charge in [-0.1, -0.05) is 0 Å². The van der Waals surface area contributed by atoms with Crippen LogP contribution in [0.5, 0.6) is 11.5 Å². The lowest BCUT2D eigenvalue weighted by Gasteiger charge is -2.13. The highest BCUT2D eigenvalue weighted by Crippen LogP contribution is 2.35. The van der Waals surface area contributed by atoms with E-state index >= 15 is 0 Å². The van der Waals surface area contributed by atoms with E-state index in [4.69, 9.17) is 9.15 Å². The maximum absolute atomic E-state index is 13.9. The first-order valence-corrected chi connectivity index (χ1v) is 9.21. The van der Waals surface area contributed by atoms with Gasteiger partial charge in [0, 0.05) is 18.2 Å². The molecule has 3 rings (SSSR count). The van der Waals surface area contributed by atoms with E-state index < -0.39 is 21.7 Å². The number of nitrogens with one attached hydrogen (secondary N) is 1. The van der Waals surface area contributed by atoms with E-state index in [1.54, 1.807) is 6.92 Å². The fraction of sp³-hybridized carbons (Fsp3) is 0.118. The zero-order valence-corrected chi connectivity index (χ0v) is 14.5. The third-order valence-electron chi connectivity index (χ3n) is 3.36. The smallest absolute Gasteiger partial charge is 0.229 e. The Balaban J connectivity index is 2.20. The van der Waals surface area contributed by atoms with E-state index in [0.717, 1.165) is 18.4 Å². The molecule has 0 unspecified atom stereocenters. The molecule has 26 heavy (non-hydrogen) atoms. The van der Waals surface area contributed by atoms with Gasteiger partial charge in [0.1, 0.15) is 17.2 Å². The van der Waals surface area contributed by atoms with E-state index in [-0.39, 0.29) is 33.6 Å². The third-order valence-corrected chi connectivity index (χ3v) is 3.95. The number of ether oxygens (including phenoxy) is 1. The molecule has 0 fully saturated rings. The predicted molar refractivity (Wildman–Crippen MR) is 92.1 cm³/mol. The summed E-state index contributed by atoms with van der Waals surface area (Å²) in [6.07, 6.45) is 0.922. The summed E-state index contributed by atoms with van der Waals surface area (Å²) in [5.74, 6) is -1.90. The lowest BCUT2D eigenvalue weighted by atomic mass is 10.2. The topological polar surface area (TPSA) is 85.6 Å². The van der Waals surface area contributed by atoms with E-state index in [1.807, 2.05) is 0 Å². The Morgan fingerprint density at radius 2 is 1.81 bits per heavy atom. The van der Waals surface area contributed by atoms with Crippen LogP contribution in [0.1, 0.15) is 5.76 Å². The summed E-state index contributed by atoms with van der Waals surface area (Å²) in [6.45, 7) is 1.57. The summed E-state index contributed by atoms with van der Waals surface area (Å²) in [5, 5.41) is 0.118. The average Bonchev–Trinajstić information content (AvgIpc) is 2.49. The standard InChI is InChI=1S/C17H13F2NO5S/c1-9-5-14(21)11-7-17(25-15-4-3-10(18)6-12(15)19)13(8-16(11)24-9)20-26(2,22)23/h3-8,20H,1-2H3. The highest BCUT2D eigenvalue weighted by Gasteiger charge is 2.16. The molecule has 0 spiro atoms. The second-order valence-electron chi connectivity index (χ2n) is 5.62. The molecule has 9 heteroatoms. The number of hydrogen-bond donors (Lipinski definition) is 1. The van der Waals surface area contributed by atoms with Crippen LogP contribution in [0.2, 0.25) is 0 Å². The molecule has 0 aliphatic rings. The molecule has 0 saturated carbocycles. The molecule has 0 aliphatic heterocycles. The van der Waals surface area contributed by atoms with Crippen LogP contribution in [0, 0.1) is 18.6 Å². The Morgan fingerprint density at radius 1 is 1.08 bits per heavy atom. The Labute approximate surface area is 147 Å². The number of anilines is 1. The average molecular weight is 381 g/mol. The number of halogens is 2. The van der Waals surface area contributed by atoms with Crippen LogP contribution in [0.25, 0.3) is 11.0 Å². The molecule has 1 aromatic heterocycles. The minimum absolute atomic E-state index is 0.0579. The molecule has 2 aromatic carbocycles. The molecule has 1 N–H and O–H groups in total. The van der Waals surface area contributed by atoms with Crippen molar-refractivity contribution in [3.8, 4) is 11.5 Å². The third kappa shape index (κ3) is 3.83. The van der Waals surface area contributed by atoms with E-state index in [9.17, 15) is 22.0 Å². The first kappa shape index (κ1) is 17.9. The van der Waals surface area contributed by atoms with Gasteiger partial charge in [0.05, 0.1) is 17.3 Å². The molecule has 0 atom stereocenters. The molecule has 1 heterocycles. The van der Waals surface area contributed by atoms with E-state index in [1.165, 1.54) is 18.2 Å². The van der Waals surface area contributed by atoms with Crippen LogP contribution in [-0.2, 0) is 10.0 Å². The van der Waals surface area contributed by atoms with Crippen molar-refractivity contribution in [3.63, 3.8) is 0 Å². The highest BCUT2D eigenvalue weighted by molar-refractivity contribution is 7.92. The van der Waals surface area contributed by atoms with Gasteiger partial charge in [0.25, 0.3) is 0 Å². The molecule has 0 aliphatic carbocycles. The lowest BCUT2D eigenvalue weighted by molar-refractivity contribution is 0.439. The van der Waals surface area contributed by atoms with Gasteiger partial charge in [-0.3, -0.25) is 9.52 Å². The molecule has 0 bridgehead atoms. The molecule has 6 nitrogen and oxygen atoms in total. The van der Waals surface area contributed by atoms with Gasteiger partial charge in [-0.05, 0) is 25.1 Å². The van der Waals surface area contributed by atoms with Crippen molar-refractivity contribution in [2.45, 2.75) is 6.92 Å². The van der Waals surface area contributed by atoms with Crippen molar-refractivity contribution in [3.05, 3.63) is 64.0 Å². The quantitative estimate of drug-likeness (QED) is 0.747. The molecule has 0 amide bonds. The minimum atomic E-state index is -3.70. The van der Waals surface area contributed by atoms with Crippen LogP contribution >= 0.6 is 0 Å². The SMILES string of the molecule is Cc1cc(=O)c2cc(Oc3ccc(F)cc3F)c(NS(C)(=O)=O)cc2o1. The summed E-state index contributed by atoms with van der Waals surface area (Å²) in [7, 11) is -3.70. The number of sulfonamides is 1. The van der Waals surface area contributed by atoms with Crippen molar-refractivity contribution in [1.82, 2.24) is 0 Å². The first-order chi connectivity index (χ1) is 12.1. The fourth-order valence-electron chi connectivity index (χ4n) is 2.34. The van der Waals surface area contributed by atoms with Gasteiger partial charge in [0.15, 0.2) is 22.7 Å². The van der Waals surface area contributed by atoms with Gasteiger partial charge < -0.3 is 9.15 Å². The predicted octanol–water partition coefficient (Wildman–Crippen LogP) is 3.54. The summed E-state index contributed by atoms with van der Waals surface area (Å²) >= 11 is 0. The summed E-state index contributed by atoms with van der Waals surface area (Å²) in [4.78, 5) is 12.1. The second-order valence-corrected chi connectivity index (χ2v) is 7.37. The van der Waals surface area contributed by atoms with Crippen LogP contribution in [-0.4, -0.2) is 14.7 Å². The van der Waals surface area contributed by atoms with Gasteiger partial charge in [-0.15, -0.1) is 0 Å². The molecular formula is C17H13F2NO5S. The van der Waals surface area contributed by atoms with Crippen molar-refractivity contribution >= 4 is 26.7 Å². The summed E-state index contributed by atoms with van der Waals surface area (Å²) in [6, 6.07) is 6.42. The maximum atomic E-state index is 13.9. The van der Waals surface area contributed by atoms with Crippen molar-refractivity contribution in [2.75, 3.05) is 11.0 Å². The fourth-order valence-corrected chi connectivity index (χ4v) is 2.90. The Morgan fingerprint density at radius 3 is 2.46 bits per heavy atom. The Bertz CT molecular complexity index is 1170. The zero-order valence-electron chi connectivity index (χ0n) is 13.7. The first-order valence-electron chi connectivity index (χ1n) is 7.31. The molecule has 0 radical (unpaired) electrons. The van der Waals surface area contributed by atoms with E-state index in [2.05, 4.69) is 4.72 Å². The number of rotatable bonds is 4. The van der Waals surface area contributed by atoms with Crippen molar-refractivity contribution < 1.29 is 26.4 Å². The van der Waals surface area contributed by atoms with Gasteiger partial charge >= 0.3 is 0 Å². The number of benzene rings is 2. The van der Waals surface area contributed by atoms with Gasteiger partial charge in [0.2, 0.25) is 10.0 Å². The maximum Gasteiger partial charge on any atom is 0.229 e. The van der Waals surface area contributed by atoms with Crippen LogP contribution in [0.3, 0.4) is 0 Å². The number of hydrogen-bond acceptors (Lipinski definition) is 5. The monoisotopic (exact) mass is 381 g/mol.